The molecule has 2 N–H and O–H groups in total. The minimum Gasteiger partial charge on any atom is -0.494 e. The van der Waals surface area contributed by atoms with Gasteiger partial charge in [0.15, 0.2) is 0 Å². The van der Waals surface area contributed by atoms with Crippen LogP contribution in [-0.2, 0) is 11.3 Å². The first-order valence-corrected chi connectivity index (χ1v) is 9.34. The van der Waals surface area contributed by atoms with Crippen molar-refractivity contribution in [2.24, 2.45) is 0 Å². The van der Waals surface area contributed by atoms with Crippen LogP contribution in [-0.4, -0.2) is 22.8 Å². The van der Waals surface area contributed by atoms with Crippen molar-refractivity contribution in [3.05, 3.63) is 63.9 Å². The Labute approximate surface area is 173 Å². The molecule has 0 aliphatic heterocycles. The number of halogens is 2. The Morgan fingerprint density at radius 2 is 2.00 bits per heavy atom. The van der Waals surface area contributed by atoms with Crippen molar-refractivity contribution in [3.8, 4) is 11.4 Å². The van der Waals surface area contributed by atoms with E-state index in [-0.39, 0.29) is 5.91 Å². The fourth-order valence-electron chi connectivity index (χ4n) is 2.80. The van der Waals surface area contributed by atoms with Gasteiger partial charge in [-0.1, -0.05) is 29.3 Å². The van der Waals surface area contributed by atoms with E-state index in [1.54, 1.807) is 23.9 Å². The second-order valence-electron chi connectivity index (χ2n) is 6.20. The molecular formula is C20H20Cl2N4O2. The molecule has 2 aromatic carbocycles. The molecule has 0 spiro atoms. The van der Waals surface area contributed by atoms with E-state index in [1.165, 1.54) is 6.92 Å². The summed E-state index contributed by atoms with van der Waals surface area (Å²) in [5.74, 6) is 0.410. The van der Waals surface area contributed by atoms with Crippen LogP contribution in [0.2, 0.25) is 10.2 Å². The summed E-state index contributed by atoms with van der Waals surface area (Å²) >= 11 is 12.6. The number of hydrogen-bond donors (Lipinski definition) is 2. The second kappa shape index (κ2) is 8.54. The molecule has 1 aromatic heterocycles. The summed E-state index contributed by atoms with van der Waals surface area (Å²) in [5.41, 5.74) is 3.94. The van der Waals surface area contributed by atoms with Crippen molar-refractivity contribution in [2.45, 2.75) is 20.4 Å². The molecule has 3 aromatic rings. The number of aryl methyl sites for hydroxylation is 1. The maximum Gasteiger partial charge on any atom is 0.221 e. The summed E-state index contributed by atoms with van der Waals surface area (Å²) < 4.78 is 7.02. The minimum absolute atomic E-state index is 0.158. The molecule has 0 radical (unpaired) electrons. The number of ether oxygens (including phenoxy) is 1. The van der Waals surface area contributed by atoms with Gasteiger partial charge in [0.1, 0.15) is 10.9 Å². The van der Waals surface area contributed by atoms with Crippen molar-refractivity contribution in [1.82, 2.24) is 9.78 Å². The Hall–Kier alpha value is -2.70. The van der Waals surface area contributed by atoms with E-state index < -0.39 is 0 Å². The van der Waals surface area contributed by atoms with Gasteiger partial charge in [-0.05, 0) is 37.3 Å². The normalized spacial score (nSPS) is 10.6. The molecule has 1 heterocycles. The monoisotopic (exact) mass is 418 g/mol. The first-order valence-electron chi connectivity index (χ1n) is 8.58. The van der Waals surface area contributed by atoms with Crippen molar-refractivity contribution in [2.75, 3.05) is 17.7 Å². The predicted molar refractivity (Wildman–Crippen MR) is 113 cm³/mol. The van der Waals surface area contributed by atoms with Crippen molar-refractivity contribution in [3.63, 3.8) is 0 Å². The SMILES string of the molecule is COc1cc(NCc2c(C)nn(-c3cccc(Cl)c3)c2Cl)ccc1NC(C)=O. The molecule has 3 rings (SSSR count). The Kier molecular flexibility index (Phi) is 6.11. The Morgan fingerprint density at radius 1 is 1.21 bits per heavy atom. The predicted octanol–water partition coefficient (Wildman–Crippen LogP) is 5.07. The molecule has 0 saturated heterocycles. The van der Waals surface area contributed by atoms with Crippen LogP contribution in [0.3, 0.4) is 0 Å². The molecule has 0 unspecified atom stereocenters. The van der Waals surface area contributed by atoms with Gasteiger partial charge in [0.05, 0.1) is 24.2 Å². The summed E-state index contributed by atoms with van der Waals surface area (Å²) in [7, 11) is 1.56. The van der Waals surface area contributed by atoms with Gasteiger partial charge in [0.2, 0.25) is 5.91 Å². The zero-order valence-corrected chi connectivity index (χ0v) is 17.2. The summed E-state index contributed by atoms with van der Waals surface area (Å²) in [4.78, 5) is 11.3. The highest BCUT2D eigenvalue weighted by Gasteiger charge is 2.15. The van der Waals surface area contributed by atoms with Gasteiger partial charge in [-0.25, -0.2) is 4.68 Å². The van der Waals surface area contributed by atoms with Crippen LogP contribution >= 0.6 is 23.2 Å². The fraction of sp³-hybridized carbons (Fsp3) is 0.200. The highest BCUT2D eigenvalue weighted by molar-refractivity contribution is 6.31. The molecule has 0 atom stereocenters. The highest BCUT2D eigenvalue weighted by Crippen LogP contribution is 2.30. The van der Waals surface area contributed by atoms with Gasteiger partial charge in [-0.2, -0.15) is 5.10 Å². The lowest BCUT2D eigenvalue weighted by atomic mass is 10.2. The molecule has 0 aliphatic carbocycles. The third-order valence-electron chi connectivity index (χ3n) is 4.16. The molecule has 6 nitrogen and oxygen atoms in total. The van der Waals surface area contributed by atoms with Crippen LogP contribution in [0.1, 0.15) is 18.2 Å². The summed E-state index contributed by atoms with van der Waals surface area (Å²) in [6.45, 7) is 3.84. The van der Waals surface area contributed by atoms with Crippen LogP contribution in [0.5, 0.6) is 5.75 Å². The Bertz CT molecular complexity index is 1020. The first kappa shape index (κ1) is 20.0. The number of hydrogen-bond acceptors (Lipinski definition) is 4. The van der Waals surface area contributed by atoms with Crippen LogP contribution in [0.4, 0.5) is 11.4 Å². The zero-order chi connectivity index (χ0) is 20.3. The number of carbonyl (C=O) groups excluding carboxylic acids is 1. The Balaban J connectivity index is 1.81. The summed E-state index contributed by atoms with van der Waals surface area (Å²) in [6, 6.07) is 12.8. The topological polar surface area (TPSA) is 68.2 Å². The molecule has 28 heavy (non-hydrogen) atoms. The average molecular weight is 419 g/mol. The summed E-state index contributed by atoms with van der Waals surface area (Å²) in [6.07, 6.45) is 0. The van der Waals surface area contributed by atoms with Crippen LogP contribution in [0, 0.1) is 6.92 Å². The van der Waals surface area contributed by atoms with E-state index in [1.807, 2.05) is 37.3 Å². The molecule has 0 fully saturated rings. The number of rotatable bonds is 6. The first-order chi connectivity index (χ1) is 13.4. The van der Waals surface area contributed by atoms with Crippen molar-refractivity contribution >= 4 is 40.5 Å². The summed E-state index contributed by atoms with van der Waals surface area (Å²) in [5, 5.41) is 11.7. The number of nitrogens with zero attached hydrogens (tertiary/aromatic N) is 2. The lowest BCUT2D eigenvalue weighted by Crippen LogP contribution is -2.08. The molecule has 0 bridgehead atoms. The van der Waals surface area contributed by atoms with Gasteiger partial charge in [-0.15, -0.1) is 0 Å². The number of benzene rings is 2. The third-order valence-corrected chi connectivity index (χ3v) is 4.78. The number of anilines is 2. The van der Waals surface area contributed by atoms with Crippen molar-refractivity contribution in [1.29, 1.82) is 0 Å². The second-order valence-corrected chi connectivity index (χ2v) is 6.99. The van der Waals surface area contributed by atoms with E-state index in [0.717, 1.165) is 22.6 Å². The average Bonchev–Trinajstić information content (AvgIpc) is 2.94. The molecule has 1 amide bonds. The van der Waals surface area contributed by atoms with Gasteiger partial charge in [0.25, 0.3) is 0 Å². The van der Waals surface area contributed by atoms with Gasteiger partial charge >= 0.3 is 0 Å². The van der Waals surface area contributed by atoms with Crippen LogP contribution in [0.15, 0.2) is 42.5 Å². The largest absolute Gasteiger partial charge is 0.494 e. The molecule has 0 aliphatic rings. The molecule has 146 valence electrons. The fourth-order valence-corrected chi connectivity index (χ4v) is 3.32. The number of carbonyl (C=O) groups is 1. The molecule has 8 heteroatoms. The van der Waals surface area contributed by atoms with E-state index >= 15 is 0 Å². The van der Waals surface area contributed by atoms with Crippen LogP contribution < -0.4 is 15.4 Å². The zero-order valence-electron chi connectivity index (χ0n) is 15.7. The maximum absolute atomic E-state index is 11.3. The third kappa shape index (κ3) is 4.40. The van der Waals surface area contributed by atoms with E-state index in [0.29, 0.717) is 28.2 Å². The number of amides is 1. The standard InChI is InChI=1S/C20H20Cl2N4O2/c1-12-17(20(22)26(25-12)16-6-4-5-14(21)9-16)11-23-15-7-8-18(24-13(2)27)19(10-15)28-3/h4-10,23H,11H2,1-3H3,(H,24,27). The quantitative estimate of drug-likeness (QED) is 0.586. The van der Waals surface area contributed by atoms with Crippen molar-refractivity contribution < 1.29 is 9.53 Å². The maximum atomic E-state index is 11.3. The smallest absolute Gasteiger partial charge is 0.221 e. The van der Waals surface area contributed by atoms with Crippen LogP contribution in [0.25, 0.3) is 5.69 Å². The molecule has 0 saturated carbocycles. The van der Waals surface area contributed by atoms with Gasteiger partial charge < -0.3 is 15.4 Å². The lowest BCUT2D eigenvalue weighted by Gasteiger charge is -2.12. The van der Waals surface area contributed by atoms with Gasteiger partial charge in [-0.3, -0.25) is 4.79 Å². The number of methoxy groups -OCH3 is 1. The number of aromatic nitrogens is 2. The van der Waals surface area contributed by atoms with E-state index in [2.05, 4.69) is 15.7 Å². The van der Waals surface area contributed by atoms with E-state index in [9.17, 15) is 4.79 Å². The lowest BCUT2D eigenvalue weighted by molar-refractivity contribution is -0.114. The highest BCUT2D eigenvalue weighted by atomic mass is 35.5. The molecular weight excluding hydrogens is 399 g/mol. The van der Waals surface area contributed by atoms with Gasteiger partial charge in [0, 0.05) is 35.8 Å². The number of nitrogens with one attached hydrogen (secondary N) is 2. The Morgan fingerprint density at radius 3 is 2.68 bits per heavy atom. The van der Waals surface area contributed by atoms with E-state index in [4.69, 9.17) is 27.9 Å². The minimum atomic E-state index is -0.158.